The largest absolute Gasteiger partial charge is 0.464 e. The van der Waals surface area contributed by atoms with Gasteiger partial charge in [0.05, 0.1) is 19.2 Å². The van der Waals surface area contributed by atoms with Crippen LogP contribution < -0.4 is 10.6 Å². The Kier molecular flexibility index (Phi) is 5.91. The van der Waals surface area contributed by atoms with Crippen molar-refractivity contribution in [2.24, 2.45) is 0 Å². The molecule has 0 aliphatic rings. The summed E-state index contributed by atoms with van der Waals surface area (Å²) in [4.78, 5) is 24.4. The zero-order valence-corrected chi connectivity index (χ0v) is 15.7. The first-order valence-electron chi connectivity index (χ1n) is 9.24. The summed E-state index contributed by atoms with van der Waals surface area (Å²) < 4.78 is 5.56. The highest BCUT2D eigenvalue weighted by Gasteiger charge is 2.12. The van der Waals surface area contributed by atoms with Crippen molar-refractivity contribution in [3.63, 3.8) is 0 Å². The first kappa shape index (κ1) is 18.7. The van der Waals surface area contributed by atoms with Gasteiger partial charge < -0.3 is 15.1 Å². The average molecular weight is 364 g/mol. The third kappa shape index (κ3) is 4.56. The number of para-hydroxylation sites is 1. The molecule has 5 heteroatoms. The normalized spacial score (nSPS) is 10.7. The number of hydrogen-bond acceptors (Lipinski definition) is 3. The summed E-state index contributed by atoms with van der Waals surface area (Å²) in [6.45, 7) is 4.06. The lowest BCUT2D eigenvalue weighted by Gasteiger charge is -2.10. The van der Waals surface area contributed by atoms with Gasteiger partial charge in [-0.1, -0.05) is 44.2 Å². The van der Waals surface area contributed by atoms with Crippen molar-refractivity contribution in [3.8, 4) is 0 Å². The van der Waals surface area contributed by atoms with Crippen molar-refractivity contribution in [2.45, 2.75) is 33.1 Å². The van der Waals surface area contributed by atoms with E-state index in [2.05, 4.69) is 17.6 Å². The molecule has 1 aromatic heterocycles. The Bertz CT molecular complexity index is 959. The molecule has 2 aromatic carbocycles. The number of benzene rings is 2. The SMILES string of the molecule is CCc1ccc2c(CC(=O)NCC(=O)Nc3ccccc3CC)coc2c1. The van der Waals surface area contributed by atoms with E-state index in [0.717, 1.165) is 40.6 Å². The molecule has 0 aliphatic carbocycles. The quantitative estimate of drug-likeness (QED) is 0.669. The zero-order valence-electron chi connectivity index (χ0n) is 15.7. The molecular weight excluding hydrogens is 340 g/mol. The molecule has 2 N–H and O–H groups in total. The smallest absolute Gasteiger partial charge is 0.243 e. The molecule has 0 atom stereocenters. The third-order valence-corrected chi connectivity index (χ3v) is 4.60. The highest BCUT2D eigenvalue weighted by Crippen LogP contribution is 2.23. The highest BCUT2D eigenvalue weighted by atomic mass is 16.3. The fraction of sp³-hybridized carbons (Fsp3) is 0.273. The summed E-state index contributed by atoms with van der Waals surface area (Å²) in [7, 11) is 0. The predicted octanol–water partition coefficient (Wildman–Crippen LogP) is 3.86. The van der Waals surface area contributed by atoms with E-state index in [1.54, 1.807) is 6.26 Å². The summed E-state index contributed by atoms with van der Waals surface area (Å²) in [5.74, 6) is -0.454. The minimum atomic E-state index is -0.242. The zero-order chi connectivity index (χ0) is 19.2. The first-order chi connectivity index (χ1) is 13.1. The van der Waals surface area contributed by atoms with Crippen LogP contribution in [0, 0.1) is 0 Å². The van der Waals surface area contributed by atoms with Gasteiger partial charge in [0, 0.05) is 16.6 Å². The Morgan fingerprint density at radius 1 is 0.963 bits per heavy atom. The number of furan rings is 1. The summed E-state index contributed by atoms with van der Waals surface area (Å²) in [5.41, 5.74) is 4.64. The molecule has 0 saturated carbocycles. The van der Waals surface area contributed by atoms with Crippen molar-refractivity contribution in [2.75, 3.05) is 11.9 Å². The molecule has 140 valence electrons. The van der Waals surface area contributed by atoms with Crippen LogP contribution in [0.3, 0.4) is 0 Å². The van der Waals surface area contributed by atoms with E-state index < -0.39 is 0 Å². The fourth-order valence-corrected chi connectivity index (χ4v) is 3.04. The van der Waals surface area contributed by atoms with E-state index in [0.29, 0.717) is 0 Å². The molecule has 0 fully saturated rings. The molecule has 3 aromatic rings. The lowest BCUT2D eigenvalue weighted by Crippen LogP contribution is -2.33. The van der Waals surface area contributed by atoms with Crippen molar-refractivity contribution >= 4 is 28.5 Å². The average Bonchev–Trinajstić information content (AvgIpc) is 3.08. The monoisotopic (exact) mass is 364 g/mol. The second-order valence-corrected chi connectivity index (χ2v) is 6.46. The number of anilines is 1. The molecule has 1 heterocycles. The van der Waals surface area contributed by atoms with Crippen LogP contribution in [0.15, 0.2) is 53.1 Å². The van der Waals surface area contributed by atoms with Gasteiger partial charge in [-0.3, -0.25) is 9.59 Å². The van der Waals surface area contributed by atoms with Crippen molar-refractivity contribution < 1.29 is 14.0 Å². The Hall–Kier alpha value is -3.08. The molecule has 5 nitrogen and oxygen atoms in total. The Balaban J connectivity index is 1.56. The lowest BCUT2D eigenvalue weighted by atomic mass is 10.1. The standard InChI is InChI=1S/C22H24N2O3/c1-3-15-9-10-18-17(14-27-20(18)11-15)12-21(25)23-13-22(26)24-19-8-6-5-7-16(19)4-2/h5-11,14H,3-4,12-13H2,1-2H3,(H,23,25)(H,24,26). The maximum atomic E-state index is 12.2. The number of nitrogens with one attached hydrogen (secondary N) is 2. The van der Waals surface area contributed by atoms with E-state index >= 15 is 0 Å². The van der Waals surface area contributed by atoms with Gasteiger partial charge in [-0.2, -0.15) is 0 Å². The maximum Gasteiger partial charge on any atom is 0.243 e. The second-order valence-electron chi connectivity index (χ2n) is 6.46. The summed E-state index contributed by atoms with van der Waals surface area (Å²) >= 11 is 0. The van der Waals surface area contributed by atoms with Gasteiger partial charge in [-0.05, 0) is 36.1 Å². The fourth-order valence-electron chi connectivity index (χ4n) is 3.04. The Labute approximate surface area is 158 Å². The number of carbonyl (C=O) groups excluding carboxylic acids is 2. The van der Waals surface area contributed by atoms with Gasteiger partial charge in [0.25, 0.3) is 0 Å². The van der Waals surface area contributed by atoms with Crippen molar-refractivity contribution in [3.05, 3.63) is 65.4 Å². The van der Waals surface area contributed by atoms with Crippen LogP contribution >= 0.6 is 0 Å². The predicted molar refractivity (Wildman–Crippen MR) is 107 cm³/mol. The van der Waals surface area contributed by atoms with E-state index in [1.807, 2.05) is 49.4 Å². The van der Waals surface area contributed by atoms with Crippen LogP contribution in [0.2, 0.25) is 0 Å². The molecule has 0 bridgehead atoms. The van der Waals surface area contributed by atoms with E-state index in [-0.39, 0.29) is 24.8 Å². The molecule has 0 saturated heterocycles. The van der Waals surface area contributed by atoms with E-state index in [1.165, 1.54) is 5.56 Å². The third-order valence-electron chi connectivity index (χ3n) is 4.60. The van der Waals surface area contributed by atoms with Crippen LogP contribution in [-0.4, -0.2) is 18.4 Å². The van der Waals surface area contributed by atoms with Gasteiger partial charge >= 0.3 is 0 Å². The minimum Gasteiger partial charge on any atom is -0.464 e. The molecule has 0 radical (unpaired) electrons. The first-order valence-corrected chi connectivity index (χ1v) is 9.24. The molecule has 27 heavy (non-hydrogen) atoms. The molecule has 0 spiro atoms. The number of rotatable bonds is 7. The number of fused-ring (bicyclic) bond motifs is 1. The van der Waals surface area contributed by atoms with Crippen LogP contribution in [0.1, 0.15) is 30.5 Å². The number of hydrogen-bond donors (Lipinski definition) is 2. The molecule has 3 rings (SSSR count). The summed E-state index contributed by atoms with van der Waals surface area (Å²) in [6.07, 6.45) is 3.55. The number of aryl methyl sites for hydroxylation is 2. The van der Waals surface area contributed by atoms with Gasteiger partial charge in [-0.15, -0.1) is 0 Å². The Morgan fingerprint density at radius 2 is 1.78 bits per heavy atom. The van der Waals surface area contributed by atoms with E-state index in [4.69, 9.17) is 4.42 Å². The second kappa shape index (κ2) is 8.54. The summed E-state index contributed by atoms with van der Waals surface area (Å²) in [5, 5.41) is 6.45. The van der Waals surface area contributed by atoms with E-state index in [9.17, 15) is 9.59 Å². The Morgan fingerprint density at radius 3 is 2.56 bits per heavy atom. The minimum absolute atomic E-state index is 0.0628. The number of amides is 2. The molecule has 2 amide bonds. The van der Waals surface area contributed by atoms with Gasteiger partial charge in [0.1, 0.15) is 5.58 Å². The lowest BCUT2D eigenvalue weighted by molar-refractivity contribution is -0.123. The topological polar surface area (TPSA) is 71.3 Å². The van der Waals surface area contributed by atoms with Gasteiger partial charge in [0.15, 0.2) is 0 Å². The van der Waals surface area contributed by atoms with Gasteiger partial charge in [-0.25, -0.2) is 0 Å². The van der Waals surface area contributed by atoms with Crippen LogP contribution in [-0.2, 0) is 28.9 Å². The van der Waals surface area contributed by atoms with Crippen LogP contribution in [0.4, 0.5) is 5.69 Å². The van der Waals surface area contributed by atoms with Crippen molar-refractivity contribution in [1.82, 2.24) is 5.32 Å². The van der Waals surface area contributed by atoms with Crippen LogP contribution in [0.25, 0.3) is 11.0 Å². The number of carbonyl (C=O) groups is 2. The van der Waals surface area contributed by atoms with Crippen molar-refractivity contribution in [1.29, 1.82) is 0 Å². The molecular formula is C22H24N2O3. The summed E-state index contributed by atoms with van der Waals surface area (Å²) in [6, 6.07) is 13.7. The van der Waals surface area contributed by atoms with Crippen LogP contribution in [0.5, 0.6) is 0 Å². The molecule has 0 unspecified atom stereocenters. The maximum absolute atomic E-state index is 12.2. The van der Waals surface area contributed by atoms with Gasteiger partial charge in [0.2, 0.25) is 11.8 Å². The molecule has 0 aliphatic heterocycles. The highest BCUT2D eigenvalue weighted by molar-refractivity contribution is 5.96.